The fourth-order valence-electron chi connectivity index (χ4n) is 3.70. The number of aromatic amines is 1. The zero-order chi connectivity index (χ0) is 19.7. The molecule has 6 heteroatoms. The van der Waals surface area contributed by atoms with Gasteiger partial charge < -0.3 is 5.32 Å². The number of fused-ring (bicyclic) bond motifs is 2. The standard InChI is InChI=1S/C22H24N6/c1-22(2,3)15-8-9-16-14(11-15)7-10-19(16)27-21(24-13-23)26-18-5-4-6-20-17(18)12-25-28-20/h4-6,8-9,11-12,19H,7,10H2,1-3H3,(H,25,28)(H2,24,26,27). The van der Waals surface area contributed by atoms with Gasteiger partial charge in [0.25, 0.3) is 0 Å². The summed E-state index contributed by atoms with van der Waals surface area (Å²) < 4.78 is 0. The molecule has 0 saturated heterocycles. The van der Waals surface area contributed by atoms with Crippen LogP contribution in [0.15, 0.2) is 47.6 Å². The minimum Gasteiger partial charge on any atom is -0.325 e. The van der Waals surface area contributed by atoms with E-state index in [1.807, 2.05) is 24.4 Å². The maximum Gasteiger partial charge on any atom is 0.209 e. The van der Waals surface area contributed by atoms with Gasteiger partial charge in [0.2, 0.25) is 5.96 Å². The van der Waals surface area contributed by atoms with E-state index >= 15 is 0 Å². The Morgan fingerprint density at radius 3 is 2.93 bits per heavy atom. The minimum absolute atomic E-state index is 0.0379. The molecule has 1 unspecified atom stereocenters. The molecule has 4 rings (SSSR count). The molecular weight excluding hydrogens is 348 g/mol. The number of nitrogens with zero attached hydrogens (tertiary/aromatic N) is 3. The summed E-state index contributed by atoms with van der Waals surface area (Å²) in [6.45, 7) is 6.69. The summed E-state index contributed by atoms with van der Waals surface area (Å²) in [7, 11) is 0. The fourth-order valence-corrected chi connectivity index (χ4v) is 3.70. The second kappa shape index (κ2) is 7.01. The van der Waals surface area contributed by atoms with Crippen LogP contribution in [0.1, 0.15) is 49.9 Å². The van der Waals surface area contributed by atoms with Gasteiger partial charge >= 0.3 is 0 Å². The van der Waals surface area contributed by atoms with Crippen molar-refractivity contribution in [2.75, 3.05) is 5.32 Å². The van der Waals surface area contributed by atoms with Crippen molar-refractivity contribution < 1.29 is 0 Å². The first-order chi connectivity index (χ1) is 13.5. The van der Waals surface area contributed by atoms with Crippen molar-refractivity contribution >= 4 is 22.5 Å². The van der Waals surface area contributed by atoms with Crippen molar-refractivity contribution in [3.8, 4) is 6.19 Å². The number of aromatic nitrogens is 2. The maximum atomic E-state index is 9.18. The van der Waals surface area contributed by atoms with E-state index in [2.05, 4.69) is 59.8 Å². The van der Waals surface area contributed by atoms with E-state index in [9.17, 15) is 5.26 Å². The second-order valence-corrected chi connectivity index (χ2v) is 8.19. The quantitative estimate of drug-likeness (QED) is 0.269. The maximum absolute atomic E-state index is 9.18. The van der Waals surface area contributed by atoms with Crippen LogP contribution in [0.25, 0.3) is 10.9 Å². The van der Waals surface area contributed by atoms with Gasteiger partial charge in [-0.15, -0.1) is 0 Å². The van der Waals surface area contributed by atoms with Gasteiger partial charge in [0.05, 0.1) is 23.4 Å². The third kappa shape index (κ3) is 3.44. The van der Waals surface area contributed by atoms with E-state index < -0.39 is 0 Å². The first-order valence-corrected chi connectivity index (χ1v) is 9.51. The molecule has 0 radical (unpaired) electrons. The highest BCUT2D eigenvalue weighted by molar-refractivity contribution is 6.02. The number of benzene rings is 2. The molecular formula is C22H24N6. The molecule has 0 amide bonds. The third-order valence-electron chi connectivity index (χ3n) is 5.25. The number of anilines is 1. The van der Waals surface area contributed by atoms with Crippen LogP contribution in [-0.2, 0) is 11.8 Å². The molecule has 3 aromatic rings. The molecule has 1 heterocycles. The van der Waals surface area contributed by atoms with Gasteiger partial charge in [-0.2, -0.15) is 10.4 Å². The number of nitrogens with one attached hydrogen (secondary N) is 3. The Balaban J connectivity index is 1.63. The van der Waals surface area contributed by atoms with E-state index in [-0.39, 0.29) is 11.5 Å². The van der Waals surface area contributed by atoms with Gasteiger partial charge in [-0.25, -0.2) is 4.99 Å². The first kappa shape index (κ1) is 18.1. The van der Waals surface area contributed by atoms with Gasteiger partial charge in [0.1, 0.15) is 0 Å². The summed E-state index contributed by atoms with van der Waals surface area (Å²) in [4.78, 5) is 4.83. The Kier molecular flexibility index (Phi) is 4.52. The van der Waals surface area contributed by atoms with Gasteiger partial charge in [0, 0.05) is 5.39 Å². The molecule has 0 spiro atoms. The lowest BCUT2D eigenvalue weighted by molar-refractivity contribution is 0.589. The molecule has 1 atom stereocenters. The SMILES string of the molecule is CC(C)(C)c1ccc2c(c1)CCC2N=C(NC#N)Nc1cccc2[nH]ncc12. The van der Waals surface area contributed by atoms with Crippen molar-refractivity contribution in [2.45, 2.75) is 45.1 Å². The predicted octanol–water partition coefficient (Wildman–Crippen LogP) is 4.39. The summed E-state index contributed by atoms with van der Waals surface area (Å²) in [5.74, 6) is 0.453. The van der Waals surface area contributed by atoms with Crippen LogP contribution in [0.5, 0.6) is 0 Å². The topological polar surface area (TPSA) is 88.9 Å². The Morgan fingerprint density at radius 2 is 2.14 bits per heavy atom. The predicted molar refractivity (Wildman–Crippen MR) is 112 cm³/mol. The summed E-state index contributed by atoms with van der Waals surface area (Å²) in [5.41, 5.74) is 5.87. The van der Waals surface area contributed by atoms with Gasteiger partial charge in [0.15, 0.2) is 6.19 Å². The van der Waals surface area contributed by atoms with Gasteiger partial charge in [-0.3, -0.25) is 10.4 Å². The van der Waals surface area contributed by atoms with Crippen LogP contribution in [0.3, 0.4) is 0 Å². The normalized spacial score (nSPS) is 16.6. The molecule has 28 heavy (non-hydrogen) atoms. The molecule has 1 aliphatic carbocycles. The highest BCUT2D eigenvalue weighted by Crippen LogP contribution is 2.37. The van der Waals surface area contributed by atoms with E-state index in [1.165, 1.54) is 16.7 Å². The van der Waals surface area contributed by atoms with Crippen LogP contribution in [0.4, 0.5) is 5.69 Å². The van der Waals surface area contributed by atoms with Crippen molar-refractivity contribution in [2.24, 2.45) is 4.99 Å². The van der Waals surface area contributed by atoms with Crippen LogP contribution in [0.2, 0.25) is 0 Å². The highest BCUT2D eigenvalue weighted by atomic mass is 15.2. The minimum atomic E-state index is 0.0379. The lowest BCUT2D eigenvalue weighted by atomic mass is 9.85. The zero-order valence-corrected chi connectivity index (χ0v) is 16.4. The average Bonchev–Trinajstić information content (AvgIpc) is 3.28. The Bertz CT molecular complexity index is 1080. The van der Waals surface area contributed by atoms with E-state index in [0.29, 0.717) is 5.96 Å². The largest absolute Gasteiger partial charge is 0.325 e. The average molecular weight is 372 g/mol. The smallest absolute Gasteiger partial charge is 0.209 e. The Hall–Kier alpha value is -3.33. The Labute approximate surface area is 164 Å². The molecule has 0 fully saturated rings. The van der Waals surface area contributed by atoms with Crippen LogP contribution in [-0.4, -0.2) is 16.2 Å². The number of H-pyrrole nitrogens is 1. The summed E-state index contributed by atoms with van der Waals surface area (Å²) in [6, 6.07) is 12.6. The van der Waals surface area contributed by atoms with E-state index in [4.69, 9.17) is 4.99 Å². The molecule has 1 aliphatic rings. The third-order valence-corrected chi connectivity index (χ3v) is 5.25. The number of hydrogen-bond donors (Lipinski definition) is 3. The summed E-state index contributed by atoms with van der Waals surface area (Å²) in [6.07, 6.45) is 5.70. The number of nitriles is 1. The first-order valence-electron chi connectivity index (χ1n) is 9.51. The van der Waals surface area contributed by atoms with Crippen LogP contribution < -0.4 is 10.6 Å². The second-order valence-electron chi connectivity index (χ2n) is 8.19. The number of hydrogen-bond acceptors (Lipinski definition) is 3. The van der Waals surface area contributed by atoms with E-state index in [1.54, 1.807) is 6.20 Å². The monoisotopic (exact) mass is 372 g/mol. The molecule has 2 aromatic carbocycles. The van der Waals surface area contributed by atoms with Crippen molar-refractivity contribution in [1.29, 1.82) is 5.26 Å². The molecule has 0 saturated carbocycles. The zero-order valence-electron chi connectivity index (χ0n) is 16.4. The van der Waals surface area contributed by atoms with Crippen molar-refractivity contribution in [1.82, 2.24) is 15.5 Å². The number of guanidine groups is 1. The van der Waals surface area contributed by atoms with Gasteiger partial charge in [-0.05, 0) is 47.1 Å². The van der Waals surface area contributed by atoms with E-state index in [0.717, 1.165) is 29.4 Å². The summed E-state index contributed by atoms with van der Waals surface area (Å²) >= 11 is 0. The van der Waals surface area contributed by atoms with Crippen LogP contribution >= 0.6 is 0 Å². The fraction of sp³-hybridized carbons (Fsp3) is 0.318. The molecule has 6 nitrogen and oxygen atoms in total. The molecule has 1 aromatic heterocycles. The Morgan fingerprint density at radius 1 is 1.29 bits per heavy atom. The number of aryl methyl sites for hydroxylation is 1. The van der Waals surface area contributed by atoms with Crippen LogP contribution in [0, 0.1) is 11.5 Å². The highest BCUT2D eigenvalue weighted by Gasteiger charge is 2.25. The van der Waals surface area contributed by atoms with Crippen molar-refractivity contribution in [3.63, 3.8) is 0 Å². The molecule has 0 bridgehead atoms. The summed E-state index contributed by atoms with van der Waals surface area (Å²) in [5, 5.41) is 23.1. The van der Waals surface area contributed by atoms with Gasteiger partial charge in [-0.1, -0.05) is 45.0 Å². The molecule has 3 N–H and O–H groups in total. The van der Waals surface area contributed by atoms with Crippen molar-refractivity contribution in [3.05, 3.63) is 59.3 Å². The lowest BCUT2D eigenvalue weighted by Gasteiger charge is -2.20. The number of rotatable bonds is 2. The number of aliphatic imine (C=N–C) groups is 1. The molecule has 142 valence electrons. The molecule has 0 aliphatic heterocycles. The lowest BCUT2D eigenvalue weighted by Crippen LogP contribution is -2.27.